The summed E-state index contributed by atoms with van der Waals surface area (Å²) in [6, 6.07) is 2.14. The van der Waals surface area contributed by atoms with E-state index < -0.39 is 0 Å². The molecule has 0 radical (unpaired) electrons. The van der Waals surface area contributed by atoms with Gasteiger partial charge in [0, 0.05) is 18.8 Å². The predicted octanol–water partition coefficient (Wildman–Crippen LogP) is 0.884. The molecule has 1 fully saturated rings. The van der Waals surface area contributed by atoms with Crippen LogP contribution in [0.25, 0.3) is 0 Å². The van der Waals surface area contributed by atoms with Crippen LogP contribution in [0.2, 0.25) is 0 Å². The van der Waals surface area contributed by atoms with Crippen LogP contribution in [-0.2, 0) is 0 Å². The van der Waals surface area contributed by atoms with Gasteiger partial charge in [0.15, 0.2) is 0 Å². The molecule has 5 heteroatoms. The minimum absolute atomic E-state index is 0.0175. The van der Waals surface area contributed by atoms with Crippen molar-refractivity contribution in [2.75, 3.05) is 27.2 Å². The number of hydrogen-bond acceptors (Lipinski definition) is 3. The summed E-state index contributed by atoms with van der Waals surface area (Å²) in [6.45, 7) is 4.02. The molecule has 2 rings (SSSR count). The van der Waals surface area contributed by atoms with Gasteiger partial charge in [-0.2, -0.15) is 5.10 Å². The molecule has 0 bridgehead atoms. The topological polar surface area (TPSA) is 52.2 Å². The van der Waals surface area contributed by atoms with Gasteiger partial charge in [-0.25, -0.2) is 0 Å². The van der Waals surface area contributed by atoms with Crippen molar-refractivity contribution < 1.29 is 4.79 Å². The quantitative estimate of drug-likeness (QED) is 0.829. The molecule has 1 aromatic heterocycles. The standard InChI is InChI=1S/C12H20N4O/c1-9-8-11(14-13-9)12(17)16(3)10-4-6-15(2)7-5-10/h8,10H,4-7H2,1-3H3,(H,13,14). The van der Waals surface area contributed by atoms with Gasteiger partial charge in [-0.05, 0) is 46.0 Å². The van der Waals surface area contributed by atoms with Crippen LogP contribution in [0.3, 0.4) is 0 Å². The van der Waals surface area contributed by atoms with Crippen LogP contribution in [0.15, 0.2) is 6.07 Å². The molecule has 1 aliphatic rings. The van der Waals surface area contributed by atoms with E-state index in [1.54, 1.807) is 6.07 Å². The van der Waals surface area contributed by atoms with E-state index >= 15 is 0 Å². The fourth-order valence-electron chi connectivity index (χ4n) is 2.26. The molecule has 1 aliphatic heterocycles. The average molecular weight is 236 g/mol. The number of H-pyrrole nitrogens is 1. The summed E-state index contributed by atoms with van der Waals surface area (Å²) in [5.41, 5.74) is 1.44. The Labute approximate surface area is 102 Å². The van der Waals surface area contributed by atoms with E-state index in [1.165, 1.54) is 0 Å². The zero-order chi connectivity index (χ0) is 12.4. The Morgan fingerprint density at radius 2 is 2.18 bits per heavy atom. The molecule has 0 unspecified atom stereocenters. The van der Waals surface area contributed by atoms with E-state index in [4.69, 9.17) is 0 Å². The number of amides is 1. The number of carbonyl (C=O) groups is 1. The molecule has 0 saturated carbocycles. The third-order valence-corrected chi connectivity index (χ3v) is 3.48. The summed E-state index contributed by atoms with van der Waals surface area (Å²) in [5.74, 6) is 0.0175. The van der Waals surface area contributed by atoms with Gasteiger partial charge >= 0.3 is 0 Å². The average Bonchev–Trinajstić information content (AvgIpc) is 2.75. The third kappa shape index (κ3) is 2.66. The van der Waals surface area contributed by atoms with Crippen LogP contribution in [0.1, 0.15) is 29.0 Å². The number of hydrogen-bond donors (Lipinski definition) is 1. The van der Waals surface area contributed by atoms with Gasteiger partial charge in [-0.3, -0.25) is 9.89 Å². The lowest BCUT2D eigenvalue weighted by atomic mass is 10.0. The molecule has 2 heterocycles. The minimum atomic E-state index is 0.0175. The second-order valence-corrected chi connectivity index (χ2v) is 4.89. The summed E-state index contributed by atoms with van der Waals surface area (Å²) in [7, 11) is 4.00. The Balaban J connectivity index is 2.00. The zero-order valence-electron chi connectivity index (χ0n) is 10.7. The number of aromatic amines is 1. The van der Waals surface area contributed by atoms with Crippen molar-refractivity contribution in [1.82, 2.24) is 20.0 Å². The molecule has 1 N–H and O–H groups in total. The number of likely N-dealkylation sites (tertiary alicyclic amines) is 1. The predicted molar refractivity (Wildman–Crippen MR) is 65.9 cm³/mol. The Bertz CT molecular complexity index is 393. The van der Waals surface area contributed by atoms with Gasteiger partial charge in [-0.15, -0.1) is 0 Å². The lowest BCUT2D eigenvalue weighted by Crippen LogP contribution is -2.44. The molecule has 94 valence electrons. The SMILES string of the molecule is Cc1cc(C(=O)N(C)C2CCN(C)CC2)n[nH]1. The van der Waals surface area contributed by atoms with Gasteiger partial charge in [-0.1, -0.05) is 0 Å². The summed E-state index contributed by atoms with van der Waals surface area (Å²) in [6.07, 6.45) is 2.09. The lowest BCUT2D eigenvalue weighted by Gasteiger charge is -2.34. The van der Waals surface area contributed by atoms with E-state index in [2.05, 4.69) is 22.1 Å². The van der Waals surface area contributed by atoms with Gasteiger partial charge in [0.1, 0.15) is 5.69 Å². The monoisotopic (exact) mass is 236 g/mol. The van der Waals surface area contributed by atoms with E-state index in [1.807, 2.05) is 18.9 Å². The first kappa shape index (κ1) is 12.1. The molecule has 5 nitrogen and oxygen atoms in total. The number of nitrogens with zero attached hydrogens (tertiary/aromatic N) is 3. The van der Waals surface area contributed by atoms with Crippen LogP contribution < -0.4 is 0 Å². The maximum absolute atomic E-state index is 12.2. The van der Waals surface area contributed by atoms with E-state index in [0.29, 0.717) is 11.7 Å². The fraction of sp³-hybridized carbons (Fsp3) is 0.667. The molecular weight excluding hydrogens is 216 g/mol. The molecule has 1 amide bonds. The summed E-state index contributed by atoms with van der Waals surface area (Å²) < 4.78 is 0. The van der Waals surface area contributed by atoms with Crippen LogP contribution in [-0.4, -0.2) is 59.1 Å². The van der Waals surface area contributed by atoms with Gasteiger partial charge < -0.3 is 9.80 Å². The number of carbonyl (C=O) groups excluding carboxylic acids is 1. The van der Waals surface area contributed by atoms with Crippen molar-refractivity contribution in [3.63, 3.8) is 0 Å². The molecule has 0 aromatic carbocycles. The summed E-state index contributed by atoms with van der Waals surface area (Å²) >= 11 is 0. The third-order valence-electron chi connectivity index (χ3n) is 3.48. The highest BCUT2D eigenvalue weighted by molar-refractivity contribution is 5.92. The van der Waals surface area contributed by atoms with Gasteiger partial charge in [0.05, 0.1) is 0 Å². The van der Waals surface area contributed by atoms with Crippen molar-refractivity contribution in [2.24, 2.45) is 0 Å². The summed E-state index contributed by atoms with van der Waals surface area (Å²) in [5, 5.41) is 6.83. The smallest absolute Gasteiger partial charge is 0.274 e. The molecule has 0 aliphatic carbocycles. The van der Waals surface area contributed by atoms with Crippen LogP contribution >= 0.6 is 0 Å². The zero-order valence-corrected chi connectivity index (χ0v) is 10.7. The highest BCUT2D eigenvalue weighted by atomic mass is 16.2. The number of aromatic nitrogens is 2. The van der Waals surface area contributed by atoms with E-state index in [-0.39, 0.29) is 5.91 Å². The van der Waals surface area contributed by atoms with Crippen LogP contribution in [0, 0.1) is 6.92 Å². The molecule has 0 atom stereocenters. The fourth-order valence-corrected chi connectivity index (χ4v) is 2.26. The van der Waals surface area contributed by atoms with Crippen molar-refractivity contribution in [2.45, 2.75) is 25.8 Å². The largest absolute Gasteiger partial charge is 0.337 e. The normalized spacial score (nSPS) is 18.3. The van der Waals surface area contributed by atoms with E-state index in [9.17, 15) is 4.79 Å². The highest BCUT2D eigenvalue weighted by Gasteiger charge is 2.25. The Morgan fingerprint density at radius 1 is 1.53 bits per heavy atom. The first-order valence-electron chi connectivity index (χ1n) is 6.05. The van der Waals surface area contributed by atoms with Gasteiger partial charge in [0.25, 0.3) is 5.91 Å². The molecular formula is C12H20N4O. The van der Waals surface area contributed by atoms with Crippen molar-refractivity contribution in [3.05, 3.63) is 17.5 Å². The van der Waals surface area contributed by atoms with Crippen molar-refractivity contribution >= 4 is 5.91 Å². The van der Waals surface area contributed by atoms with E-state index in [0.717, 1.165) is 31.6 Å². The molecule has 0 spiro atoms. The van der Waals surface area contributed by atoms with Crippen molar-refractivity contribution in [3.8, 4) is 0 Å². The first-order chi connectivity index (χ1) is 8.08. The van der Waals surface area contributed by atoms with Crippen molar-refractivity contribution in [1.29, 1.82) is 0 Å². The number of piperidine rings is 1. The number of aryl methyl sites for hydroxylation is 1. The van der Waals surface area contributed by atoms with Crippen LogP contribution in [0.4, 0.5) is 0 Å². The van der Waals surface area contributed by atoms with Gasteiger partial charge in [0.2, 0.25) is 0 Å². The minimum Gasteiger partial charge on any atom is -0.337 e. The number of rotatable bonds is 2. The number of nitrogens with one attached hydrogen (secondary N) is 1. The second-order valence-electron chi connectivity index (χ2n) is 4.89. The maximum Gasteiger partial charge on any atom is 0.274 e. The lowest BCUT2D eigenvalue weighted by molar-refractivity contribution is 0.0653. The first-order valence-corrected chi connectivity index (χ1v) is 6.05. The highest BCUT2D eigenvalue weighted by Crippen LogP contribution is 2.16. The van der Waals surface area contributed by atoms with Crippen LogP contribution in [0.5, 0.6) is 0 Å². The Morgan fingerprint density at radius 3 is 2.71 bits per heavy atom. The summed E-state index contributed by atoms with van der Waals surface area (Å²) in [4.78, 5) is 16.3. The Hall–Kier alpha value is -1.36. The second kappa shape index (κ2) is 4.87. The molecule has 1 aromatic rings. The maximum atomic E-state index is 12.2. The molecule has 17 heavy (non-hydrogen) atoms. The molecule has 1 saturated heterocycles. The Kier molecular flexibility index (Phi) is 3.47.